The molecule has 0 spiro atoms. The third kappa shape index (κ3) is 5.38. The van der Waals surface area contributed by atoms with Crippen LogP contribution in [0.5, 0.6) is 0 Å². The molecule has 0 bridgehead atoms. The van der Waals surface area contributed by atoms with Crippen LogP contribution in [0.1, 0.15) is 33.4 Å². The predicted octanol–water partition coefficient (Wildman–Crippen LogP) is 1.62. The van der Waals surface area contributed by atoms with E-state index in [2.05, 4.69) is 38.8 Å². The van der Waals surface area contributed by atoms with E-state index >= 15 is 0 Å². The molecule has 2 rings (SSSR count). The van der Waals surface area contributed by atoms with Crippen molar-refractivity contribution in [2.45, 2.75) is 63.8 Å². The Bertz CT molecular complexity index is 883. The molecule has 9 nitrogen and oxygen atoms in total. The highest BCUT2D eigenvalue weighted by Crippen LogP contribution is 2.38. The van der Waals surface area contributed by atoms with E-state index in [4.69, 9.17) is 19.1 Å². The summed E-state index contributed by atoms with van der Waals surface area (Å²) in [7, 11) is -5.90. The summed E-state index contributed by atoms with van der Waals surface area (Å²) in [4.78, 5) is 15.5. The molecule has 0 aliphatic carbocycles. The van der Waals surface area contributed by atoms with E-state index in [0.717, 1.165) is 17.0 Å². The maximum absolute atomic E-state index is 13.8. The van der Waals surface area contributed by atoms with Crippen molar-refractivity contribution >= 4 is 24.3 Å². The summed E-state index contributed by atoms with van der Waals surface area (Å²) in [6, 6.07) is 0. The molecule has 1 fully saturated rings. The minimum Gasteiger partial charge on any atom is -0.414 e. The molecule has 0 radical (unpaired) electrons. The van der Waals surface area contributed by atoms with Gasteiger partial charge in [-0.3, -0.25) is 8.75 Å². The zero-order valence-corrected chi connectivity index (χ0v) is 18.7. The first-order chi connectivity index (χ1) is 12.6. The molecule has 1 aromatic heterocycles. The quantitative estimate of drug-likeness (QED) is 0.526. The molecule has 1 saturated heterocycles. The van der Waals surface area contributed by atoms with Crippen molar-refractivity contribution in [1.82, 2.24) is 9.55 Å². The van der Waals surface area contributed by atoms with Gasteiger partial charge in [0.15, 0.2) is 26.2 Å². The Morgan fingerprint density at radius 1 is 1.43 bits per heavy atom. The molecule has 0 unspecified atom stereocenters. The lowest BCUT2D eigenvalue weighted by atomic mass is 10.2. The Morgan fingerprint density at radius 3 is 2.57 bits per heavy atom. The van der Waals surface area contributed by atoms with E-state index in [0.29, 0.717) is 0 Å². The summed E-state index contributed by atoms with van der Waals surface area (Å²) in [6.45, 7) is 10.6. The largest absolute Gasteiger partial charge is 0.414 e. The molecule has 1 aliphatic rings. The average Bonchev–Trinajstić information content (AvgIpc) is 2.88. The van der Waals surface area contributed by atoms with Gasteiger partial charge in [0.25, 0.3) is 10.1 Å². The zero-order valence-electron chi connectivity index (χ0n) is 16.9. The Hall–Kier alpha value is -1.34. The van der Waals surface area contributed by atoms with Crippen molar-refractivity contribution in [2.75, 3.05) is 18.6 Å². The van der Waals surface area contributed by atoms with Crippen molar-refractivity contribution in [3.63, 3.8) is 0 Å². The molecule has 28 heavy (non-hydrogen) atoms. The topological polar surface area (TPSA) is 123 Å². The van der Waals surface area contributed by atoms with Crippen LogP contribution in [0.15, 0.2) is 11.0 Å². The number of rotatable bonds is 6. The van der Waals surface area contributed by atoms with Crippen molar-refractivity contribution in [3.05, 3.63) is 22.5 Å². The third-order valence-electron chi connectivity index (χ3n) is 5.09. The summed E-state index contributed by atoms with van der Waals surface area (Å²) >= 11 is 0. The van der Waals surface area contributed by atoms with Crippen molar-refractivity contribution < 1.29 is 26.2 Å². The standard InChI is InChI=1S/C16H28FN3O6SSi/c1-16(2,3)28(5,6)24-9-10-7-12(26-27(4,22)23)14(25-10)20-8-11(17)13(18)19-15(20)21/h8,10,12,14H,7,9H2,1-6H3,(H2,18,19,21)/t10-,12+,14+/m1/s1. The Balaban J connectivity index is 2.26. The first-order valence-corrected chi connectivity index (χ1v) is 13.5. The molecule has 0 amide bonds. The molecular weight excluding hydrogens is 409 g/mol. The third-order valence-corrected chi connectivity index (χ3v) is 10.2. The molecule has 1 aromatic rings. The lowest BCUT2D eigenvalue weighted by Gasteiger charge is -2.36. The number of hydrogen-bond donors (Lipinski definition) is 1. The Kier molecular flexibility index (Phi) is 6.41. The van der Waals surface area contributed by atoms with E-state index in [1.807, 2.05) is 0 Å². The van der Waals surface area contributed by atoms with Gasteiger partial charge in [-0.1, -0.05) is 20.8 Å². The number of halogens is 1. The normalized spacial score (nSPS) is 23.9. The van der Waals surface area contributed by atoms with Gasteiger partial charge >= 0.3 is 5.69 Å². The highest BCUT2D eigenvalue weighted by molar-refractivity contribution is 7.86. The molecule has 12 heteroatoms. The molecule has 160 valence electrons. The van der Waals surface area contributed by atoms with Crippen LogP contribution >= 0.6 is 0 Å². The van der Waals surface area contributed by atoms with Crippen LogP contribution in [0.25, 0.3) is 0 Å². The second-order valence-corrected chi connectivity index (χ2v) is 14.9. The number of ether oxygens (including phenoxy) is 1. The lowest BCUT2D eigenvalue weighted by molar-refractivity contribution is -0.0456. The second kappa shape index (κ2) is 7.82. The monoisotopic (exact) mass is 437 g/mol. The van der Waals surface area contributed by atoms with Crippen LogP contribution in [-0.2, 0) is 23.5 Å². The molecule has 0 aromatic carbocycles. The van der Waals surface area contributed by atoms with E-state index in [-0.39, 0.29) is 18.1 Å². The summed E-state index contributed by atoms with van der Waals surface area (Å²) in [5.41, 5.74) is 4.44. The van der Waals surface area contributed by atoms with E-state index < -0.39 is 54.2 Å². The van der Waals surface area contributed by atoms with Gasteiger partial charge in [0.1, 0.15) is 6.10 Å². The van der Waals surface area contributed by atoms with Crippen LogP contribution in [-0.4, -0.2) is 51.4 Å². The fourth-order valence-corrected chi connectivity index (χ4v) is 4.20. The highest BCUT2D eigenvalue weighted by Gasteiger charge is 2.43. The van der Waals surface area contributed by atoms with E-state index in [1.165, 1.54) is 0 Å². The lowest BCUT2D eigenvalue weighted by Crippen LogP contribution is -2.42. The maximum Gasteiger partial charge on any atom is 0.351 e. The van der Waals surface area contributed by atoms with Gasteiger partial charge in [0, 0.05) is 6.42 Å². The number of anilines is 1. The van der Waals surface area contributed by atoms with Crippen molar-refractivity contribution in [2.24, 2.45) is 0 Å². The van der Waals surface area contributed by atoms with Crippen LogP contribution < -0.4 is 11.4 Å². The van der Waals surface area contributed by atoms with Crippen molar-refractivity contribution in [3.8, 4) is 0 Å². The minimum atomic E-state index is -3.84. The van der Waals surface area contributed by atoms with Crippen LogP contribution in [0, 0.1) is 5.82 Å². The fraction of sp³-hybridized carbons (Fsp3) is 0.750. The molecule has 3 atom stereocenters. The van der Waals surface area contributed by atoms with Crippen LogP contribution in [0.4, 0.5) is 10.2 Å². The maximum atomic E-state index is 13.8. The molecule has 1 aliphatic heterocycles. The fourth-order valence-electron chi connectivity index (χ4n) is 2.54. The highest BCUT2D eigenvalue weighted by atomic mass is 32.2. The first kappa shape index (κ1) is 22.9. The molecule has 0 saturated carbocycles. The zero-order chi connectivity index (χ0) is 21.5. The molecule has 2 heterocycles. The van der Waals surface area contributed by atoms with Crippen molar-refractivity contribution in [1.29, 1.82) is 0 Å². The Morgan fingerprint density at radius 2 is 2.04 bits per heavy atom. The summed E-state index contributed by atoms with van der Waals surface area (Å²) < 4.78 is 55.0. The van der Waals surface area contributed by atoms with Gasteiger partial charge in [0.05, 0.1) is 25.2 Å². The summed E-state index contributed by atoms with van der Waals surface area (Å²) in [5.74, 6) is -1.46. The van der Waals surface area contributed by atoms with Gasteiger partial charge in [-0.25, -0.2) is 9.18 Å². The van der Waals surface area contributed by atoms with Crippen LogP contribution in [0.3, 0.4) is 0 Å². The number of nitrogen functional groups attached to an aromatic ring is 1. The average molecular weight is 438 g/mol. The molecular formula is C16H28FN3O6SSi. The SMILES string of the molecule is CC(C)(C)[Si](C)(C)OC[C@H]1C[C@H](OS(C)(=O)=O)[C@@H](n2cc(F)c(N)nc2=O)O1. The van der Waals surface area contributed by atoms with Gasteiger partial charge in [0.2, 0.25) is 0 Å². The molecule has 2 N–H and O–H groups in total. The predicted molar refractivity (Wildman–Crippen MR) is 104 cm³/mol. The number of nitrogens with two attached hydrogens (primary N) is 1. The minimum absolute atomic E-state index is 0.0192. The van der Waals surface area contributed by atoms with E-state index in [9.17, 15) is 17.6 Å². The number of hydrogen-bond acceptors (Lipinski definition) is 8. The van der Waals surface area contributed by atoms with Gasteiger partial charge in [-0.05, 0) is 18.1 Å². The smallest absolute Gasteiger partial charge is 0.351 e. The van der Waals surface area contributed by atoms with Crippen LogP contribution in [0.2, 0.25) is 18.1 Å². The van der Waals surface area contributed by atoms with Gasteiger partial charge < -0.3 is 14.9 Å². The number of aromatic nitrogens is 2. The second-order valence-electron chi connectivity index (χ2n) is 8.46. The van der Waals surface area contributed by atoms with Gasteiger partial charge in [-0.15, -0.1) is 0 Å². The number of nitrogens with zero attached hydrogens (tertiary/aromatic N) is 2. The summed E-state index contributed by atoms with van der Waals surface area (Å²) in [6.07, 6.45) is -0.828. The summed E-state index contributed by atoms with van der Waals surface area (Å²) in [5, 5.41) is -0.0192. The first-order valence-electron chi connectivity index (χ1n) is 8.82. The van der Waals surface area contributed by atoms with Gasteiger partial charge in [-0.2, -0.15) is 13.4 Å². The van der Waals surface area contributed by atoms with E-state index in [1.54, 1.807) is 0 Å². The Labute approximate surface area is 165 Å².